The van der Waals surface area contributed by atoms with E-state index in [1.807, 2.05) is 0 Å². The molecule has 6 heteroatoms. The molecular weight excluding hydrogens is 280 g/mol. The molecule has 1 heterocycles. The maximum atomic E-state index is 10.9. The molecular formula is C14H19ClN2O3. The van der Waals surface area contributed by atoms with Crippen molar-refractivity contribution in [3.8, 4) is 0 Å². The Labute approximate surface area is 123 Å². The van der Waals surface area contributed by atoms with Crippen molar-refractivity contribution in [3.63, 3.8) is 0 Å². The molecule has 0 atom stereocenters. The third-order valence-electron chi connectivity index (χ3n) is 3.35. The molecule has 1 saturated carbocycles. The van der Waals surface area contributed by atoms with E-state index in [2.05, 4.69) is 10.3 Å². The van der Waals surface area contributed by atoms with E-state index in [0.717, 1.165) is 12.8 Å². The van der Waals surface area contributed by atoms with E-state index in [-0.39, 0.29) is 10.7 Å². The molecule has 0 bridgehead atoms. The van der Waals surface area contributed by atoms with Crippen LogP contribution in [0.1, 0.15) is 42.5 Å². The van der Waals surface area contributed by atoms with Gasteiger partial charge >= 0.3 is 5.97 Å². The second-order valence-electron chi connectivity index (χ2n) is 4.93. The SMILES string of the molecule is O=C(O)c1cc(Cl)nc(NCCOC2CCCCC2)c1. The summed E-state index contributed by atoms with van der Waals surface area (Å²) in [7, 11) is 0. The van der Waals surface area contributed by atoms with Crippen molar-refractivity contribution in [2.45, 2.75) is 38.2 Å². The summed E-state index contributed by atoms with van der Waals surface area (Å²) >= 11 is 5.78. The molecule has 1 aromatic rings. The lowest BCUT2D eigenvalue weighted by Crippen LogP contribution is -2.20. The Bertz CT molecular complexity index is 462. The Morgan fingerprint density at radius 2 is 2.15 bits per heavy atom. The fourth-order valence-electron chi connectivity index (χ4n) is 2.35. The number of carboxylic acids is 1. The Hall–Kier alpha value is -1.33. The summed E-state index contributed by atoms with van der Waals surface area (Å²) in [5, 5.41) is 12.1. The van der Waals surface area contributed by atoms with Gasteiger partial charge in [-0.25, -0.2) is 9.78 Å². The number of hydrogen-bond donors (Lipinski definition) is 2. The molecule has 0 saturated heterocycles. The van der Waals surface area contributed by atoms with Crippen LogP contribution in [0.2, 0.25) is 5.15 Å². The predicted octanol–water partition coefficient (Wildman–Crippen LogP) is 3.19. The zero-order valence-corrected chi connectivity index (χ0v) is 12.0. The van der Waals surface area contributed by atoms with Gasteiger partial charge in [0.2, 0.25) is 0 Å². The van der Waals surface area contributed by atoms with Crippen molar-refractivity contribution in [1.82, 2.24) is 4.98 Å². The van der Waals surface area contributed by atoms with Gasteiger partial charge in [0.15, 0.2) is 0 Å². The fourth-order valence-corrected chi connectivity index (χ4v) is 2.56. The van der Waals surface area contributed by atoms with Crippen LogP contribution in [0.15, 0.2) is 12.1 Å². The molecule has 0 spiro atoms. The maximum Gasteiger partial charge on any atom is 0.335 e. The van der Waals surface area contributed by atoms with Crippen LogP contribution in [0.25, 0.3) is 0 Å². The number of halogens is 1. The normalized spacial score (nSPS) is 16.1. The second kappa shape index (κ2) is 7.45. The highest BCUT2D eigenvalue weighted by Crippen LogP contribution is 2.20. The number of hydrogen-bond acceptors (Lipinski definition) is 4. The van der Waals surface area contributed by atoms with Crippen LogP contribution in [-0.2, 0) is 4.74 Å². The first-order chi connectivity index (χ1) is 9.65. The van der Waals surface area contributed by atoms with Crippen molar-refractivity contribution in [2.75, 3.05) is 18.5 Å². The van der Waals surface area contributed by atoms with E-state index < -0.39 is 5.97 Å². The van der Waals surface area contributed by atoms with Crippen LogP contribution in [0.3, 0.4) is 0 Å². The summed E-state index contributed by atoms with van der Waals surface area (Å²) in [6, 6.07) is 2.79. The molecule has 1 aromatic heterocycles. The van der Waals surface area contributed by atoms with Crippen LogP contribution < -0.4 is 5.32 Å². The molecule has 0 unspecified atom stereocenters. The highest BCUT2D eigenvalue weighted by molar-refractivity contribution is 6.29. The minimum absolute atomic E-state index is 0.126. The number of rotatable bonds is 6. The standard InChI is InChI=1S/C14H19ClN2O3/c15-12-8-10(14(18)19)9-13(17-12)16-6-7-20-11-4-2-1-3-5-11/h8-9,11H,1-7H2,(H,16,17)(H,18,19). The highest BCUT2D eigenvalue weighted by atomic mass is 35.5. The summed E-state index contributed by atoms with van der Waals surface area (Å²) in [4.78, 5) is 14.9. The van der Waals surface area contributed by atoms with E-state index >= 15 is 0 Å². The monoisotopic (exact) mass is 298 g/mol. The summed E-state index contributed by atoms with van der Waals surface area (Å²) in [5.74, 6) is -0.557. The van der Waals surface area contributed by atoms with Crippen molar-refractivity contribution in [2.24, 2.45) is 0 Å². The molecule has 5 nitrogen and oxygen atoms in total. The number of aromatic nitrogens is 1. The van der Waals surface area contributed by atoms with Crippen LogP contribution in [0.4, 0.5) is 5.82 Å². The topological polar surface area (TPSA) is 71.5 Å². The molecule has 2 rings (SSSR count). The lowest BCUT2D eigenvalue weighted by Gasteiger charge is -2.22. The number of carbonyl (C=O) groups is 1. The first-order valence-corrected chi connectivity index (χ1v) is 7.29. The number of carboxylic acid groups (broad SMARTS) is 1. The maximum absolute atomic E-state index is 10.9. The van der Waals surface area contributed by atoms with Gasteiger partial charge in [0.05, 0.1) is 18.3 Å². The second-order valence-corrected chi connectivity index (χ2v) is 5.31. The van der Waals surface area contributed by atoms with Crippen LogP contribution >= 0.6 is 11.6 Å². The molecule has 0 radical (unpaired) electrons. The van der Waals surface area contributed by atoms with Crippen LogP contribution in [0.5, 0.6) is 0 Å². The number of aromatic carboxylic acids is 1. The van der Waals surface area contributed by atoms with Gasteiger partial charge in [0, 0.05) is 6.54 Å². The van der Waals surface area contributed by atoms with Crippen molar-refractivity contribution >= 4 is 23.4 Å². The lowest BCUT2D eigenvalue weighted by molar-refractivity contribution is 0.0347. The number of nitrogens with one attached hydrogen (secondary N) is 1. The average molecular weight is 299 g/mol. The van der Waals surface area contributed by atoms with Gasteiger partial charge in [-0.15, -0.1) is 0 Å². The largest absolute Gasteiger partial charge is 0.478 e. The summed E-state index contributed by atoms with van der Waals surface area (Å²) < 4.78 is 5.77. The van der Waals surface area contributed by atoms with Crippen molar-refractivity contribution in [1.29, 1.82) is 0 Å². The van der Waals surface area contributed by atoms with Crippen molar-refractivity contribution in [3.05, 3.63) is 22.8 Å². The average Bonchev–Trinajstić information content (AvgIpc) is 2.44. The van der Waals surface area contributed by atoms with E-state index in [9.17, 15) is 4.79 Å². The summed E-state index contributed by atoms with van der Waals surface area (Å²) in [6.07, 6.45) is 6.44. The lowest BCUT2D eigenvalue weighted by atomic mass is 9.98. The van der Waals surface area contributed by atoms with E-state index in [4.69, 9.17) is 21.4 Å². The van der Waals surface area contributed by atoms with E-state index in [1.165, 1.54) is 31.4 Å². The fraction of sp³-hybridized carbons (Fsp3) is 0.571. The minimum Gasteiger partial charge on any atom is -0.478 e. The highest BCUT2D eigenvalue weighted by Gasteiger charge is 2.13. The zero-order chi connectivity index (χ0) is 14.4. The molecule has 1 aliphatic carbocycles. The van der Waals surface area contributed by atoms with Gasteiger partial charge in [0.1, 0.15) is 11.0 Å². The molecule has 0 aliphatic heterocycles. The molecule has 2 N–H and O–H groups in total. The van der Waals surface area contributed by atoms with Gasteiger partial charge in [-0.2, -0.15) is 0 Å². The molecule has 0 amide bonds. The molecule has 1 aliphatic rings. The quantitative estimate of drug-likeness (QED) is 0.623. The first kappa shape index (κ1) is 15.1. The Morgan fingerprint density at radius 1 is 1.40 bits per heavy atom. The zero-order valence-electron chi connectivity index (χ0n) is 11.3. The number of anilines is 1. The van der Waals surface area contributed by atoms with Gasteiger partial charge in [-0.05, 0) is 25.0 Å². The van der Waals surface area contributed by atoms with Gasteiger partial charge in [0.25, 0.3) is 0 Å². The molecule has 110 valence electrons. The molecule has 1 fully saturated rings. The third-order valence-corrected chi connectivity index (χ3v) is 3.55. The number of nitrogens with zero attached hydrogens (tertiary/aromatic N) is 1. The minimum atomic E-state index is -1.02. The molecule has 0 aromatic carbocycles. The number of pyridine rings is 1. The first-order valence-electron chi connectivity index (χ1n) is 6.91. The van der Waals surface area contributed by atoms with Crippen LogP contribution in [0, 0.1) is 0 Å². The Morgan fingerprint density at radius 3 is 2.85 bits per heavy atom. The Balaban J connectivity index is 1.77. The Kier molecular flexibility index (Phi) is 5.61. The van der Waals surface area contributed by atoms with E-state index in [1.54, 1.807) is 0 Å². The van der Waals surface area contributed by atoms with E-state index in [0.29, 0.717) is 25.1 Å². The third kappa shape index (κ3) is 4.65. The summed E-state index contributed by atoms with van der Waals surface area (Å²) in [5.41, 5.74) is 0.126. The van der Waals surface area contributed by atoms with Crippen LogP contribution in [-0.4, -0.2) is 35.3 Å². The molecule has 20 heavy (non-hydrogen) atoms. The smallest absolute Gasteiger partial charge is 0.335 e. The predicted molar refractivity (Wildman–Crippen MR) is 77.5 cm³/mol. The van der Waals surface area contributed by atoms with Gasteiger partial charge in [-0.1, -0.05) is 30.9 Å². The van der Waals surface area contributed by atoms with Gasteiger partial charge in [-0.3, -0.25) is 0 Å². The number of ether oxygens (including phenoxy) is 1. The van der Waals surface area contributed by atoms with Gasteiger partial charge < -0.3 is 15.2 Å². The van der Waals surface area contributed by atoms with Crippen molar-refractivity contribution < 1.29 is 14.6 Å². The summed E-state index contributed by atoms with van der Waals surface area (Å²) in [6.45, 7) is 1.17.